The number of halogens is 1. The minimum absolute atomic E-state index is 0.153. The zero-order chi connectivity index (χ0) is 17.7. The van der Waals surface area contributed by atoms with Crippen LogP contribution < -0.4 is 10.6 Å². The molecule has 0 radical (unpaired) electrons. The van der Waals surface area contributed by atoms with Crippen molar-refractivity contribution in [2.45, 2.75) is 6.92 Å². The lowest BCUT2D eigenvalue weighted by Crippen LogP contribution is -2.30. The third-order valence-corrected chi connectivity index (χ3v) is 3.71. The van der Waals surface area contributed by atoms with Gasteiger partial charge in [-0.2, -0.15) is 0 Å². The smallest absolute Gasteiger partial charge is 0.339 e. The van der Waals surface area contributed by atoms with Crippen LogP contribution in [-0.4, -0.2) is 24.9 Å². The van der Waals surface area contributed by atoms with Gasteiger partial charge in [-0.3, -0.25) is 9.59 Å². The quantitative estimate of drug-likeness (QED) is 0.661. The maximum atomic E-state index is 12.1. The first kappa shape index (κ1) is 17.5. The van der Waals surface area contributed by atoms with Crippen LogP contribution in [0.4, 0.5) is 11.4 Å². The lowest BCUT2D eigenvalue weighted by atomic mass is 10.1. The van der Waals surface area contributed by atoms with Gasteiger partial charge in [-0.1, -0.05) is 29.8 Å². The summed E-state index contributed by atoms with van der Waals surface area (Å²) in [6.07, 6.45) is 0. The van der Waals surface area contributed by atoms with Crippen molar-refractivity contribution in [2.24, 2.45) is 0 Å². The fourth-order valence-corrected chi connectivity index (χ4v) is 2.16. The Hall–Kier alpha value is -2.86. The van der Waals surface area contributed by atoms with E-state index < -0.39 is 17.8 Å². The molecule has 0 saturated heterocycles. The van der Waals surface area contributed by atoms with Gasteiger partial charge in [0.2, 0.25) is 0 Å². The van der Waals surface area contributed by atoms with Crippen molar-refractivity contribution >= 4 is 40.8 Å². The summed E-state index contributed by atoms with van der Waals surface area (Å²) in [6.45, 7) is 1.72. The molecule has 6 nitrogen and oxygen atoms in total. The molecule has 0 atom stereocenters. The molecular weight excluding hydrogens is 332 g/mol. The van der Waals surface area contributed by atoms with Crippen molar-refractivity contribution in [1.82, 2.24) is 0 Å². The fraction of sp³-hybridized carbons (Fsp3) is 0.118. The molecule has 0 saturated carbocycles. The number of para-hydroxylation sites is 1. The predicted molar refractivity (Wildman–Crippen MR) is 91.2 cm³/mol. The monoisotopic (exact) mass is 346 g/mol. The molecule has 7 heteroatoms. The first-order valence-corrected chi connectivity index (χ1v) is 7.36. The van der Waals surface area contributed by atoms with E-state index in [1.807, 2.05) is 0 Å². The van der Waals surface area contributed by atoms with Crippen LogP contribution in [0.25, 0.3) is 0 Å². The van der Waals surface area contributed by atoms with E-state index in [-0.39, 0.29) is 11.3 Å². The maximum absolute atomic E-state index is 12.1. The van der Waals surface area contributed by atoms with E-state index in [9.17, 15) is 14.4 Å². The Bertz CT molecular complexity index is 805. The maximum Gasteiger partial charge on any atom is 0.339 e. The van der Waals surface area contributed by atoms with Gasteiger partial charge in [0.15, 0.2) is 0 Å². The van der Waals surface area contributed by atoms with Crippen LogP contribution in [0.2, 0.25) is 5.02 Å². The lowest BCUT2D eigenvalue weighted by molar-refractivity contribution is -0.133. The molecule has 0 aliphatic heterocycles. The fourth-order valence-electron chi connectivity index (χ4n) is 1.98. The first-order chi connectivity index (χ1) is 11.4. The number of esters is 1. The number of rotatable bonds is 3. The molecule has 2 amide bonds. The largest absolute Gasteiger partial charge is 0.465 e. The number of carbonyl (C=O) groups excluding carboxylic acids is 3. The molecule has 0 unspecified atom stereocenters. The average molecular weight is 347 g/mol. The number of nitrogens with one attached hydrogen (secondary N) is 2. The van der Waals surface area contributed by atoms with E-state index in [1.165, 1.54) is 19.2 Å². The summed E-state index contributed by atoms with van der Waals surface area (Å²) in [7, 11) is 1.23. The molecular formula is C17H15ClN2O4. The van der Waals surface area contributed by atoms with Crippen molar-refractivity contribution in [1.29, 1.82) is 0 Å². The summed E-state index contributed by atoms with van der Waals surface area (Å²) in [5, 5.41) is 5.35. The van der Waals surface area contributed by atoms with Gasteiger partial charge in [0.1, 0.15) is 0 Å². The second-order valence-electron chi connectivity index (χ2n) is 4.86. The van der Waals surface area contributed by atoms with Crippen LogP contribution in [0, 0.1) is 6.92 Å². The molecule has 2 rings (SSSR count). The Kier molecular flexibility index (Phi) is 5.55. The molecule has 0 spiro atoms. The molecule has 0 bridgehead atoms. The number of carbonyl (C=O) groups is 3. The third-order valence-electron chi connectivity index (χ3n) is 3.30. The van der Waals surface area contributed by atoms with Crippen LogP contribution in [0.15, 0.2) is 42.5 Å². The summed E-state index contributed by atoms with van der Waals surface area (Å²) >= 11 is 5.97. The SMILES string of the molecule is COC(=O)c1ccccc1NC(=O)C(=O)Nc1cccc(Cl)c1C. The standard InChI is InChI=1S/C17H15ClN2O4/c1-10-12(18)7-5-9-13(10)19-15(21)16(22)20-14-8-4-3-6-11(14)17(23)24-2/h3-9H,1-2H3,(H,19,21)(H,20,22). The van der Waals surface area contributed by atoms with E-state index in [2.05, 4.69) is 15.4 Å². The van der Waals surface area contributed by atoms with E-state index >= 15 is 0 Å². The number of amides is 2. The first-order valence-electron chi connectivity index (χ1n) is 6.99. The number of methoxy groups -OCH3 is 1. The average Bonchev–Trinajstić information content (AvgIpc) is 2.58. The number of hydrogen-bond acceptors (Lipinski definition) is 4. The minimum atomic E-state index is -0.911. The van der Waals surface area contributed by atoms with Gasteiger partial charge in [-0.05, 0) is 36.8 Å². The Morgan fingerprint density at radius 2 is 1.50 bits per heavy atom. The molecule has 0 aliphatic carbocycles. The molecule has 2 aromatic carbocycles. The highest BCUT2D eigenvalue weighted by atomic mass is 35.5. The molecule has 124 valence electrons. The zero-order valence-electron chi connectivity index (χ0n) is 13.1. The third kappa shape index (κ3) is 3.91. The van der Waals surface area contributed by atoms with Crippen molar-refractivity contribution in [3.05, 3.63) is 58.6 Å². The van der Waals surface area contributed by atoms with Crippen molar-refractivity contribution < 1.29 is 19.1 Å². The summed E-state index contributed by atoms with van der Waals surface area (Å²) < 4.78 is 4.64. The number of hydrogen-bond donors (Lipinski definition) is 2. The van der Waals surface area contributed by atoms with Gasteiger partial charge < -0.3 is 15.4 Å². The van der Waals surface area contributed by atoms with Crippen molar-refractivity contribution in [2.75, 3.05) is 17.7 Å². The Labute approximate surface area is 143 Å². The van der Waals surface area contributed by atoms with Crippen molar-refractivity contribution in [3.63, 3.8) is 0 Å². The molecule has 2 N–H and O–H groups in total. The van der Waals surface area contributed by atoms with Crippen LogP contribution in [0.1, 0.15) is 15.9 Å². The molecule has 2 aromatic rings. The lowest BCUT2D eigenvalue weighted by Gasteiger charge is -2.11. The van der Waals surface area contributed by atoms with Gasteiger partial charge >= 0.3 is 17.8 Å². The molecule has 24 heavy (non-hydrogen) atoms. The summed E-state index contributed by atoms with van der Waals surface area (Å²) in [5.74, 6) is -2.40. The Morgan fingerprint density at radius 3 is 2.17 bits per heavy atom. The summed E-state index contributed by atoms with van der Waals surface area (Å²) in [5.41, 5.74) is 1.42. The molecule has 0 aromatic heterocycles. The van der Waals surface area contributed by atoms with Gasteiger partial charge in [0, 0.05) is 10.7 Å². The number of benzene rings is 2. The van der Waals surface area contributed by atoms with Gasteiger partial charge in [0.05, 0.1) is 18.4 Å². The van der Waals surface area contributed by atoms with E-state index in [0.717, 1.165) is 0 Å². The van der Waals surface area contributed by atoms with Gasteiger partial charge in [0.25, 0.3) is 0 Å². The summed E-state index contributed by atoms with van der Waals surface area (Å²) in [4.78, 5) is 35.8. The second kappa shape index (κ2) is 7.61. The minimum Gasteiger partial charge on any atom is -0.465 e. The second-order valence-corrected chi connectivity index (χ2v) is 5.27. The Balaban J connectivity index is 2.14. The van der Waals surface area contributed by atoms with Crippen molar-refractivity contribution in [3.8, 4) is 0 Å². The highest BCUT2D eigenvalue weighted by Gasteiger charge is 2.19. The van der Waals surface area contributed by atoms with Crippen LogP contribution >= 0.6 is 11.6 Å². The van der Waals surface area contributed by atoms with Gasteiger partial charge in [-0.15, -0.1) is 0 Å². The molecule has 0 aliphatic rings. The molecule has 0 fully saturated rings. The summed E-state index contributed by atoms with van der Waals surface area (Å²) in [6, 6.07) is 11.2. The highest BCUT2D eigenvalue weighted by Crippen LogP contribution is 2.23. The zero-order valence-corrected chi connectivity index (χ0v) is 13.8. The topological polar surface area (TPSA) is 84.5 Å². The van der Waals surface area contributed by atoms with E-state index in [0.29, 0.717) is 16.3 Å². The molecule has 0 heterocycles. The highest BCUT2D eigenvalue weighted by molar-refractivity contribution is 6.44. The number of ether oxygens (including phenoxy) is 1. The van der Waals surface area contributed by atoms with Crippen LogP contribution in [0.5, 0.6) is 0 Å². The van der Waals surface area contributed by atoms with Gasteiger partial charge in [-0.25, -0.2) is 4.79 Å². The van der Waals surface area contributed by atoms with E-state index in [4.69, 9.17) is 11.6 Å². The van der Waals surface area contributed by atoms with Crippen LogP contribution in [-0.2, 0) is 14.3 Å². The Morgan fingerprint density at radius 1 is 0.917 bits per heavy atom. The number of anilines is 2. The van der Waals surface area contributed by atoms with E-state index in [1.54, 1.807) is 37.3 Å². The normalized spacial score (nSPS) is 9.96. The predicted octanol–water partition coefficient (Wildman–Crippen LogP) is 3.01. The van der Waals surface area contributed by atoms with Crippen LogP contribution in [0.3, 0.4) is 0 Å².